The molecule has 0 aromatic carbocycles. The van der Waals surface area contributed by atoms with Gasteiger partial charge >= 0.3 is 6.09 Å². The van der Waals surface area contributed by atoms with Crippen LogP contribution in [-0.4, -0.2) is 53.7 Å². The van der Waals surface area contributed by atoms with Crippen molar-refractivity contribution in [1.29, 1.82) is 0 Å². The highest BCUT2D eigenvalue weighted by molar-refractivity contribution is 5.68. The summed E-state index contributed by atoms with van der Waals surface area (Å²) in [5.41, 5.74) is 0.918. The number of carbonyl (C=O) groups excluding carboxylic acids is 1. The van der Waals surface area contributed by atoms with Crippen molar-refractivity contribution in [2.75, 3.05) is 26.2 Å². The molecule has 1 fully saturated rings. The zero-order valence-corrected chi connectivity index (χ0v) is 13.2. The smallest absolute Gasteiger partial charge is 0.410 e. The summed E-state index contributed by atoms with van der Waals surface area (Å²) >= 11 is 0. The number of nitrogens with zero attached hydrogens (tertiary/aromatic N) is 2. The summed E-state index contributed by atoms with van der Waals surface area (Å²) in [5.74, 6) is 0. The molecule has 0 spiro atoms. The van der Waals surface area contributed by atoms with Crippen molar-refractivity contribution in [2.45, 2.75) is 53.2 Å². The van der Waals surface area contributed by atoms with Crippen molar-refractivity contribution in [3.63, 3.8) is 0 Å². The number of hydrogen-bond donors (Lipinski definition) is 0. The Morgan fingerprint density at radius 1 is 1.32 bits per heavy atom. The van der Waals surface area contributed by atoms with Crippen LogP contribution in [0.5, 0.6) is 0 Å². The summed E-state index contributed by atoms with van der Waals surface area (Å²) in [6.07, 6.45) is 2.04. The molecule has 1 rings (SSSR count). The monoisotopic (exact) mass is 268 g/mol. The number of carbonyl (C=O) groups is 1. The lowest BCUT2D eigenvalue weighted by atomic mass is 10.2. The second kappa shape index (κ2) is 6.42. The van der Waals surface area contributed by atoms with Gasteiger partial charge in [-0.3, -0.25) is 4.90 Å². The molecule has 110 valence electrons. The number of piperazine rings is 1. The van der Waals surface area contributed by atoms with Crippen LogP contribution in [0.3, 0.4) is 0 Å². The first-order valence-electron chi connectivity index (χ1n) is 7.04. The Bertz CT molecular complexity index is 341. The summed E-state index contributed by atoms with van der Waals surface area (Å²) in [6.45, 7) is 15.5. The molecule has 0 radical (unpaired) electrons. The highest BCUT2D eigenvalue weighted by Crippen LogP contribution is 2.14. The van der Waals surface area contributed by atoms with Gasteiger partial charge in [-0.05, 0) is 41.5 Å². The second-order valence-corrected chi connectivity index (χ2v) is 6.55. The predicted molar refractivity (Wildman–Crippen MR) is 78.3 cm³/mol. The van der Waals surface area contributed by atoms with Crippen LogP contribution in [0.25, 0.3) is 0 Å². The van der Waals surface area contributed by atoms with Crippen molar-refractivity contribution in [3.8, 4) is 0 Å². The molecule has 4 heteroatoms. The minimum Gasteiger partial charge on any atom is -0.444 e. The maximum atomic E-state index is 12.0. The topological polar surface area (TPSA) is 32.8 Å². The molecule has 0 aromatic heterocycles. The van der Waals surface area contributed by atoms with Crippen molar-refractivity contribution >= 4 is 6.09 Å². The van der Waals surface area contributed by atoms with Crippen LogP contribution in [0.15, 0.2) is 11.6 Å². The van der Waals surface area contributed by atoms with Gasteiger partial charge in [0, 0.05) is 32.2 Å². The van der Waals surface area contributed by atoms with Gasteiger partial charge in [-0.1, -0.05) is 11.6 Å². The number of rotatable bonds is 2. The Morgan fingerprint density at radius 2 is 1.95 bits per heavy atom. The molecule has 1 saturated heterocycles. The first-order chi connectivity index (χ1) is 8.69. The minimum absolute atomic E-state index is 0.193. The highest BCUT2D eigenvalue weighted by Gasteiger charge is 2.29. The van der Waals surface area contributed by atoms with Crippen LogP contribution in [0.2, 0.25) is 0 Å². The fraction of sp³-hybridized carbons (Fsp3) is 0.800. The maximum absolute atomic E-state index is 12.0. The molecule has 0 saturated carbocycles. The quantitative estimate of drug-likeness (QED) is 0.722. The Hall–Kier alpha value is -1.03. The molecule has 0 aromatic rings. The zero-order chi connectivity index (χ0) is 14.6. The van der Waals surface area contributed by atoms with Crippen LogP contribution in [0, 0.1) is 0 Å². The SMILES string of the molecule is CC(C)=CCN1CCN(C(=O)OC(C)(C)C)C[C@H]1C. The van der Waals surface area contributed by atoms with E-state index in [1.807, 2.05) is 25.7 Å². The van der Waals surface area contributed by atoms with E-state index in [0.29, 0.717) is 6.04 Å². The Kier molecular flexibility index (Phi) is 5.41. The minimum atomic E-state index is -0.417. The first-order valence-corrected chi connectivity index (χ1v) is 7.04. The van der Waals surface area contributed by atoms with Gasteiger partial charge in [0.1, 0.15) is 5.60 Å². The number of hydrogen-bond acceptors (Lipinski definition) is 3. The Balaban J connectivity index is 2.49. The predicted octanol–water partition coefficient (Wildman–Crippen LogP) is 2.89. The average Bonchev–Trinajstić information content (AvgIpc) is 2.24. The van der Waals surface area contributed by atoms with Crippen molar-refractivity contribution in [1.82, 2.24) is 9.80 Å². The average molecular weight is 268 g/mol. The van der Waals surface area contributed by atoms with Gasteiger partial charge in [0.25, 0.3) is 0 Å². The third kappa shape index (κ3) is 5.64. The Labute approximate surface area is 117 Å². The summed E-state index contributed by atoms with van der Waals surface area (Å²) < 4.78 is 5.42. The van der Waals surface area contributed by atoms with Crippen molar-refractivity contribution in [3.05, 3.63) is 11.6 Å². The van der Waals surface area contributed by atoms with Gasteiger partial charge in [-0.25, -0.2) is 4.79 Å². The summed E-state index contributed by atoms with van der Waals surface area (Å²) in [7, 11) is 0. The van der Waals surface area contributed by atoms with Gasteiger partial charge in [0.2, 0.25) is 0 Å². The first kappa shape index (κ1) is 16.0. The fourth-order valence-corrected chi connectivity index (χ4v) is 2.06. The molecular formula is C15H28N2O2. The maximum Gasteiger partial charge on any atom is 0.410 e. The van der Waals surface area contributed by atoms with E-state index in [-0.39, 0.29) is 6.09 Å². The molecule has 1 heterocycles. The number of amides is 1. The summed E-state index contributed by atoms with van der Waals surface area (Å²) in [4.78, 5) is 16.2. The fourth-order valence-electron chi connectivity index (χ4n) is 2.06. The molecule has 19 heavy (non-hydrogen) atoms. The molecule has 0 unspecified atom stereocenters. The molecule has 1 atom stereocenters. The van der Waals surface area contributed by atoms with E-state index in [2.05, 4.69) is 31.7 Å². The van der Waals surface area contributed by atoms with Crippen LogP contribution >= 0.6 is 0 Å². The van der Waals surface area contributed by atoms with E-state index in [9.17, 15) is 4.79 Å². The molecular weight excluding hydrogens is 240 g/mol. The Morgan fingerprint density at radius 3 is 2.42 bits per heavy atom. The molecule has 1 aliphatic heterocycles. The number of ether oxygens (including phenoxy) is 1. The van der Waals surface area contributed by atoms with Crippen LogP contribution in [-0.2, 0) is 4.74 Å². The molecule has 1 aliphatic rings. The van der Waals surface area contributed by atoms with Gasteiger partial charge in [-0.2, -0.15) is 0 Å². The summed E-state index contributed by atoms with van der Waals surface area (Å²) in [6, 6.07) is 0.372. The summed E-state index contributed by atoms with van der Waals surface area (Å²) in [5, 5.41) is 0. The third-order valence-corrected chi connectivity index (χ3v) is 3.15. The van der Waals surface area contributed by atoms with Gasteiger partial charge < -0.3 is 9.64 Å². The number of allylic oxidation sites excluding steroid dienone is 1. The lowest BCUT2D eigenvalue weighted by molar-refractivity contribution is 0.00740. The van der Waals surface area contributed by atoms with E-state index < -0.39 is 5.60 Å². The lowest BCUT2D eigenvalue weighted by Crippen LogP contribution is -2.54. The van der Waals surface area contributed by atoms with Crippen LogP contribution in [0.4, 0.5) is 4.79 Å². The second-order valence-electron chi connectivity index (χ2n) is 6.55. The van der Waals surface area contributed by atoms with Crippen molar-refractivity contribution in [2.24, 2.45) is 0 Å². The molecule has 0 bridgehead atoms. The highest BCUT2D eigenvalue weighted by atomic mass is 16.6. The molecule has 1 amide bonds. The standard InChI is InChI=1S/C15H28N2O2/c1-12(2)7-8-16-9-10-17(11-13(16)3)14(18)19-15(4,5)6/h7,13H,8-11H2,1-6H3/t13-/m1/s1. The normalized spacial score (nSPS) is 21.2. The van der Waals surface area contributed by atoms with Gasteiger partial charge in [0.15, 0.2) is 0 Å². The van der Waals surface area contributed by atoms with E-state index in [0.717, 1.165) is 26.2 Å². The van der Waals surface area contributed by atoms with E-state index in [1.54, 1.807) is 0 Å². The molecule has 4 nitrogen and oxygen atoms in total. The van der Waals surface area contributed by atoms with Crippen molar-refractivity contribution < 1.29 is 9.53 Å². The zero-order valence-electron chi connectivity index (χ0n) is 13.2. The third-order valence-electron chi connectivity index (χ3n) is 3.15. The van der Waals surface area contributed by atoms with E-state index in [4.69, 9.17) is 4.74 Å². The van der Waals surface area contributed by atoms with Crippen LogP contribution < -0.4 is 0 Å². The molecule has 0 aliphatic carbocycles. The van der Waals surface area contributed by atoms with Gasteiger partial charge in [0.05, 0.1) is 0 Å². The van der Waals surface area contributed by atoms with Gasteiger partial charge in [-0.15, -0.1) is 0 Å². The lowest BCUT2D eigenvalue weighted by Gasteiger charge is -2.39. The molecule has 0 N–H and O–H groups in total. The van der Waals surface area contributed by atoms with E-state index in [1.165, 1.54) is 5.57 Å². The van der Waals surface area contributed by atoms with Crippen LogP contribution in [0.1, 0.15) is 41.5 Å². The van der Waals surface area contributed by atoms with E-state index >= 15 is 0 Å². The largest absolute Gasteiger partial charge is 0.444 e.